The van der Waals surface area contributed by atoms with Crippen molar-refractivity contribution in [2.45, 2.75) is 27.3 Å². The molecule has 2 amide bonds. The number of nitrogens with zero attached hydrogens (tertiary/aromatic N) is 2. The number of aliphatic hydroxyl groups is 1. The van der Waals surface area contributed by atoms with Crippen LogP contribution in [0.4, 0.5) is 0 Å². The molecule has 2 rings (SSSR count). The summed E-state index contributed by atoms with van der Waals surface area (Å²) in [7, 11) is 0. The third kappa shape index (κ3) is 7.14. The Hall–Kier alpha value is -2.45. The highest BCUT2D eigenvalue weighted by molar-refractivity contribution is 5.94. The van der Waals surface area contributed by atoms with Gasteiger partial charge in [0.1, 0.15) is 13.2 Å². The Morgan fingerprint density at radius 1 is 1.07 bits per heavy atom. The number of aliphatic hydroxyl groups excluding tert-OH is 1. The fourth-order valence-corrected chi connectivity index (χ4v) is 2.90. The van der Waals surface area contributed by atoms with E-state index in [1.165, 1.54) is 0 Å². The van der Waals surface area contributed by atoms with Crippen LogP contribution in [-0.2, 0) is 20.9 Å². The Morgan fingerprint density at radius 3 is 2.24 bits per heavy atom. The van der Waals surface area contributed by atoms with E-state index < -0.39 is 18.0 Å². The molecule has 1 aromatic carbocycles. The molecule has 0 spiro atoms. The highest BCUT2D eigenvalue weighted by atomic mass is 16.5. The molecule has 0 atom stereocenters. The first-order chi connectivity index (χ1) is 13.7. The molecule has 1 heterocycles. The van der Waals surface area contributed by atoms with Crippen molar-refractivity contribution in [1.29, 1.82) is 0 Å². The second-order valence-corrected chi connectivity index (χ2v) is 8.14. The number of rotatable bonds is 7. The Bertz CT molecular complexity index is 704. The molecule has 1 fully saturated rings. The summed E-state index contributed by atoms with van der Waals surface area (Å²) in [4.78, 5) is 39.5. The SMILES string of the molecule is CC(C)(C)C(=O)NCc1ccc(C(=O)N2CCN(CCOC(=O)CO)CC2)cc1. The summed E-state index contributed by atoms with van der Waals surface area (Å²) in [6.45, 7) is 8.88. The van der Waals surface area contributed by atoms with Gasteiger partial charge in [0, 0.05) is 50.2 Å². The average Bonchev–Trinajstić information content (AvgIpc) is 2.71. The fraction of sp³-hybridized carbons (Fsp3) is 0.571. The highest BCUT2D eigenvalue weighted by Gasteiger charge is 2.23. The van der Waals surface area contributed by atoms with E-state index in [4.69, 9.17) is 9.84 Å². The van der Waals surface area contributed by atoms with E-state index in [9.17, 15) is 14.4 Å². The lowest BCUT2D eigenvalue weighted by Crippen LogP contribution is -2.49. The van der Waals surface area contributed by atoms with E-state index in [0.29, 0.717) is 44.8 Å². The van der Waals surface area contributed by atoms with Crippen molar-refractivity contribution < 1.29 is 24.2 Å². The van der Waals surface area contributed by atoms with Crippen LogP contribution < -0.4 is 5.32 Å². The molecular weight excluding hydrogens is 374 g/mol. The van der Waals surface area contributed by atoms with Crippen molar-refractivity contribution in [3.63, 3.8) is 0 Å². The van der Waals surface area contributed by atoms with Gasteiger partial charge in [-0.15, -0.1) is 0 Å². The van der Waals surface area contributed by atoms with Gasteiger partial charge in [0.05, 0.1) is 0 Å². The highest BCUT2D eigenvalue weighted by Crippen LogP contribution is 2.14. The van der Waals surface area contributed by atoms with Gasteiger partial charge in [-0.3, -0.25) is 14.5 Å². The van der Waals surface area contributed by atoms with E-state index in [2.05, 4.69) is 10.2 Å². The molecule has 1 aromatic rings. The number of hydrogen-bond donors (Lipinski definition) is 2. The summed E-state index contributed by atoms with van der Waals surface area (Å²) in [5, 5.41) is 11.5. The Balaban J connectivity index is 1.78. The maximum atomic E-state index is 12.7. The van der Waals surface area contributed by atoms with Crippen molar-refractivity contribution >= 4 is 17.8 Å². The first-order valence-electron chi connectivity index (χ1n) is 9.86. The number of ether oxygens (including phenoxy) is 1. The van der Waals surface area contributed by atoms with Gasteiger partial charge in [0.2, 0.25) is 5.91 Å². The van der Waals surface area contributed by atoms with Gasteiger partial charge >= 0.3 is 5.97 Å². The molecular formula is C21H31N3O5. The molecule has 1 aliphatic heterocycles. The van der Waals surface area contributed by atoms with Crippen LogP contribution in [0.1, 0.15) is 36.7 Å². The van der Waals surface area contributed by atoms with Gasteiger partial charge in [-0.2, -0.15) is 0 Å². The molecule has 8 heteroatoms. The topological polar surface area (TPSA) is 99.2 Å². The average molecular weight is 405 g/mol. The number of amides is 2. The van der Waals surface area contributed by atoms with Crippen LogP contribution in [0.25, 0.3) is 0 Å². The molecule has 0 aromatic heterocycles. The van der Waals surface area contributed by atoms with E-state index >= 15 is 0 Å². The summed E-state index contributed by atoms with van der Waals surface area (Å²) in [5.41, 5.74) is 1.14. The number of hydrogen-bond acceptors (Lipinski definition) is 6. The van der Waals surface area contributed by atoms with Crippen LogP contribution in [0.5, 0.6) is 0 Å². The van der Waals surface area contributed by atoms with Crippen LogP contribution >= 0.6 is 0 Å². The third-order valence-electron chi connectivity index (χ3n) is 4.79. The van der Waals surface area contributed by atoms with Gasteiger partial charge in [0.25, 0.3) is 5.91 Å². The van der Waals surface area contributed by atoms with Crippen LogP contribution in [-0.4, -0.2) is 78.6 Å². The van der Waals surface area contributed by atoms with E-state index in [0.717, 1.165) is 5.56 Å². The van der Waals surface area contributed by atoms with Crippen molar-refractivity contribution in [2.75, 3.05) is 45.9 Å². The molecule has 0 radical (unpaired) electrons. The first-order valence-corrected chi connectivity index (χ1v) is 9.86. The van der Waals surface area contributed by atoms with Crippen LogP contribution in [0.2, 0.25) is 0 Å². The van der Waals surface area contributed by atoms with Gasteiger partial charge in [-0.25, -0.2) is 4.79 Å². The van der Waals surface area contributed by atoms with E-state index in [1.54, 1.807) is 12.1 Å². The van der Waals surface area contributed by atoms with Gasteiger partial charge in [-0.1, -0.05) is 32.9 Å². The van der Waals surface area contributed by atoms with Crippen molar-refractivity contribution in [3.05, 3.63) is 35.4 Å². The van der Waals surface area contributed by atoms with Crippen molar-refractivity contribution in [3.8, 4) is 0 Å². The minimum Gasteiger partial charge on any atom is -0.463 e. The Labute approximate surface area is 171 Å². The molecule has 0 saturated carbocycles. The number of piperazine rings is 1. The monoisotopic (exact) mass is 405 g/mol. The fourth-order valence-electron chi connectivity index (χ4n) is 2.90. The minimum absolute atomic E-state index is 0.0124. The number of benzene rings is 1. The molecule has 8 nitrogen and oxygen atoms in total. The normalized spacial score (nSPS) is 15.1. The number of nitrogens with one attached hydrogen (secondary N) is 1. The zero-order chi connectivity index (χ0) is 21.4. The molecule has 1 saturated heterocycles. The first kappa shape index (κ1) is 22.8. The molecule has 29 heavy (non-hydrogen) atoms. The summed E-state index contributed by atoms with van der Waals surface area (Å²) < 4.78 is 4.86. The number of carbonyl (C=O) groups excluding carboxylic acids is 3. The van der Waals surface area contributed by atoms with Crippen molar-refractivity contribution in [2.24, 2.45) is 5.41 Å². The molecule has 160 valence electrons. The minimum atomic E-state index is -0.625. The molecule has 1 aliphatic rings. The lowest BCUT2D eigenvalue weighted by Gasteiger charge is -2.34. The lowest BCUT2D eigenvalue weighted by atomic mass is 9.95. The van der Waals surface area contributed by atoms with Crippen LogP contribution in [0.15, 0.2) is 24.3 Å². The second-order valence-electron chi connectivity index (χ2n) is 8.14. The van der Waals surface area contributed by atoms with Gasteiger partial charge in [-0.05, 0) is 17.7 Å². The molecule has 0 bridgehead atoms. The van der Waals surface area contributed by atoms with Gasteiger partial charge < -0.3 is 20.1 Å². The predicted molar refractivity (Wildman–Crippen MR) is 108 cm³/mol. The van der Waals surface area contributed by atoms with Crippen LogP contribution in [0.3, 0.4) is 0 Å². The number of esters is 1. The quantitative estimate of drug-likeness (QED) is 0.646. The maximum absolute atomic E-state index is 12.7. The maximum Gasteiger partial charge on any atom is 0.331 e. The summed E-state index contributed by atoms with van der Waals surface area (Å²) >= 11 is 0. The predicted octanol–water partition coefficient (Wildman–Crippen LogP) is 0.642. The van der Waals surface area contributed by atoms with Gasteiger partial charge in [0.15, 0.2) is 0 Å². The molecule has 0 aliphatic carbocycles. The zero-order valence-corrected chi connectivity index (χ0v) is 17.4. The summed E-state index contributed by atoms with van der Waals surface area (Å²) in [5.74, 6) is -0.650. The third-order valence-corrected chi connectivity index (χ3v) is 4.79. The summed E-state index contributed by atoms with van der Waals surface area (Å²) in [6, 6.07) is 7.31. The largest absolute Gasteiger partial charge is 0.463 e. The van der Waals surface area contributed by atoms with Crippen molar-refractivity contribution in [1.82, 2.24) is 15.1 Å². The lowest BCUT2D eigenvalue weighted by molar-refractivity contribution is -0.147. The number of carbonyl (C=O) groups is 3. The summed E-state index contributed by atoms with van der Waals surface area (Å²) in [6.07, 6.45) is 0. The Morgan fingerprint density at radius 2 is 1.69 bits per heavy atom. The molecule has 2 N–H and O–H groups in total. The smallest absolute Gasteiger partial charge is 0.331 e. The molecule has 0 unspecified atom stereocenters. The van der Waals surface area contributed by atoms with Crippen LogP contribution in [0, 0.1) is 5.41 Å². The Kier molecular flexibility index (Phi) is 8.16. The van der Waals surface area contributed by atoms with E-state index in [1.807, 2.05) is 37.8 Å². The second kappa shape index (κ2) is 10.4. The zero-order valence-electron chi connectivity index (χ0n) is 17.4. The standard InChI is InChI=1S/C21H31N3O5/c1-21(2,3)20(28)22-14-16-4-6-17(7-5-16)19(27)24-10-8-23(9-11-24)12-13-29-18(26)15-25/h4-7,25H,8-15H2,1-3H3,(H,22,28). The van der Waals surface area contributed by atoms with E-state index in [-0.39, 0.29) is 18.4 Å².